The van der Waals surface area contributed by atoms with Gasteiger partial charge in [0.2, 0.25) is 0 Å². The van der Waals surface area contributed by atoms with Crippen LogP contribution < -0.4 is 0 Å². The number of aromatic nitrogens is 2. The highest BCUT2D eigenvalue weighted by atomic mass is 16.2. The number of nitrogens with zero attached hydrogens (tertiary/aromatic N) is 3. The van der Waals surface area contributed by atoms with Crippen LogP contribution in [0.3, 0.4) is 0 Å². The second kappa shape index (κ2) is 5.12. The lowest BCUT2D eigenvalue weighted by Crippen LogP contribution is -2.32. The van der Waals surface area contributed by atoms with Crippen LogP contribution in [-0.4, -0.2) is 27.1 Å². The molecule has 1 aromatic heterocycles. The first-order valence-electron chi connectivity index (χ1n) is 7.02. The standard InChI is InChI=1S/C16H19N3O/c1-12-5-3-6-13(11-12)14-7-4-10-19(14)16(20)15-8-9-17-18(15)2/h3,5-6,8-9,11,14H,4,7,10H2,1-2H3/t14-/m1/s1. The number of aryl methyl sites for hydroxylation is 2. The van der Waals surface area contributed by atoms with Crippen LogP contribution in [0.15, 0.2) is 36.5 Å². The number of rotatable bonds is 2. The molecule has 4 nitrogen and oxygen atoms in total. The van der Waals surface area contributed by atoms with E-state index in [1.807, 2.05) is 11.9 Å². The normalized spacial score (nSPS) is 18.5. The Morgan fingerprint density at radius 1 is 1.35 bits per heavy atom. The first kappa shape index (κ1) is 12.9. The Bertz CT molecular complexity index is 632. The van der Waals surface area contributed by atoms with Crippen LogP contribution >= 0.6 is 0 Å². The fourth-order valence-corrected chi connectivity index (χ4v) is 2.96. The van der Waals surface area contributed by atoms with Crippen LogP contribution in [-0.2, 0) is 7.05 Å². The first-order valence-corrected chi connectivity index (χ1v) is 7.02. The van der Waals surface area contributed by atoms with Crippen molar-refractivity contribution in [2.75, 3.05) is 6.54 Å². The fraction of sp³-hybridized carbons (Fsp3) is 0.375. The molecule has 1 fully saturated rings. The molecule has 0 radical (unpaired) electrons. The average Bonchev–Trinajstić information content (AvgIpc) is 3.06. The Labute approximate surface area is 119 Å². The van der Waals surface area contributed by atoms with E-state index in [0.717, 1.165) is 19.4 Å². The molecule has 0 spiro atoms. The molecule has 104 valence electrons. The molecule has 1 aliphatic rings. The lowest BCUT2D eigenvalue weighted by molar-refractivity contribution is 0.0724. The summed E-state index contributed by atoms with van der Waals surface area (Å²) in [5.74, 6) is 0.0778. The minimum atomic E-state index is 0.0778. The number of carbonyl (C=O) groups is 1. The highest BCUT2D eigenvalue weighted by Crippen LogP contribution is 2.33. The SMILES string of the molecule is Cc1cccc([C@H]2CCCN2C(=O)c2ccnn2C)c1. The van der Waals surface area contributed by atoms with Gasteiger partial charge in [-0.3, -0.25) is 9.48 Å². The lowest BCUT2D eigenvalue weighted by Gasteiger charge is -2.25. The number of benzene rings is 1. The summed E-state index contributed by atoms with van der Waals surface area (Å²) >= 11 is 0. The van der Waals surface area contributed by atoms with E-state index < -0.39 is 0 Å². The Morgan fingerprint density at radius 3 is 2.90 bits per heavy atom. The van der Waals surface area contributed by atoms with Crippen LogP contribution in [0.25, 0.3) is 0 Å². The summed E-state index contributed by atoms with van der Waals surface area (Å²) in [7, 11) is 1.81. The Balaban J connectivity index is 1.90. The maximum Gasteiger partial charge on any atom is 0.272 e. The second-order valence-corrected chi connectivity index (χ2v) is 5.41. The van der Waals surface area contributed by atoms with E-state index in [2.05, 4.69) is 36.3 Å². The van der Waals surface area contributed by atoms with Crippen molar-refractivity contribution in [1.29, 1.82) is 0 Å². The molecule has 0 saturated carbocycles. The molecule has 2 heterocycles. The van der Waals surface area contributed by atoms with Crippen molar-refractivity contribution in [3.8, 4) is 0 Å². The van der Waals surface area contributed by atoms with E-state index in [0.29, 0.717) is 5.69 Å². The van der Waals surface area contributed by atoms with Crippen molar-refractivity contribution in [2.24, 2.45) is 7.05 Å². The van der Waals surface area contributed by atoms with Crippen LogP contribution in [0.4, 0.5) is 0 Å². The number of hydrogen-bond donors (Lipinski definition) is 0. The van der Waals surface area contributed by atoms with E-state index in [4.69, 9.17) is 0 Å². The van der Waals surface area contributed by atoms with Crippen LogP contribution in [0.5, 0.6) is 0 Å². The maximum absolute atomic E-state index is 12.7. The third-order valence-corrected chi connectivity index (χ3v) is 3.98. The van der Waals surface area contributed by atoms with Crippen LogP contribution in [0.2, 0.25) is 0 Å². The molecule has 1 saturated heterocycles. The van der Waals surface area contributed by atoms with Crippen molar-refractivity contribution in [2.45, 2.75) is 25.8 Å². The zero-order valence-electron chi connectivity index (χ0n) is 11.9. The first-order chi connectivity index (χ1) is 9.66. The predicted molar refractivity (Wildman–Crippen MR) is 77.4 cm³/mol. The van der Waals surface area contributed by atoms with Gasteiger partial charge >= 0.3 is 0 Å². The summed E-state index contributed by atoms with van der Waals surface area (Å²) in [6.45, 7) is 2.91. The molecular weight excluding hydrogens is 250 g/mol. The summed E-state index contributed by atoms with van der Waals surface area (Å²) in [5.41, 5.74) is 3.13. The minimum Gasteiger partial charge on any atom is -0.330 e. The van der Waals surface area contributed by atoms with Crippen molar-refractivity contribution in [3.63, 3.8) is 0 Å². The van der Waals surface area contributed by atoms with E-state index in [1.165, 1.54) is 11.1 Å². The zero-order valence-corrected chi connectivity index (χ0v) is 11.9. The molecule has 1 aromatic carbocycles. The van der Waals surface area contributed by atoms with E-state index in [-0.39, 0.29) is 11.9 Å². The van der Waals surface area contributed by atoms with Crippen molar-refractivity contribution in [3.05, 3.63) is 53.3 Å². The molecule has 0 bridgehead atoms. The molecule has 1 aliphatic heterocycles. The molecule has 0 aliphatic carbocycles. The van der Waals surface area contributed by atoms with Gasteiger partial charge in [-0.2, -0.15) is 5.10 Å². The highest BCUT2D eigenvalue weighted by Gasteiger charge is 2.31. The van der Waals surface area contributed by atoms with Gasteiger partial charge in [-0.1, -0.05) is 29.8 Å². The van der Waals surface area contributed by atoms with E-state index in [9.17, 15) is 4.79 Å². The average molecular weight is 269 g/mol. The third-order valence-electron chi connectivity index (χ3n) is 3.98. The minimum absolute atomic E-state index is 0.0778. The predicted octanol–water partition coefficient (Wildman–Crippen LogP) is 2.71. The largest absolute Gasteiger partial charge is 0.330 e. The van der Waals surface area contributed by atoms with Gasteiger partial charge in [0.05, 0.1) is 6.04 Å². The molecule has 4 heteroatoms. The summed E-state index contributed by atoms with van der Waals surface area (Å²) in [6.07, 6.45) is 3.76. The third kappa shape index (κ3) is 2.22. The molecule has 1 atom stereocenters. The Morgan fingerprint density at radius 2 is 2.20 bits per heavy atom. The number of amides is 1. The summed E-state index contributed by atoms with van der Waals surface area (Å²) in [6, 6.07) is 10.4. The van der Waals surface area contributed by atoms with Crippen LogP contribution in [0.1, 0.15) is 40.5 Å². The summed E-state index contributed by atoms with van der Waals surface area (Å²) in [4.78, 5) is 14.6. The van der Waals surface area contributed by atoms with Gasteiger partial charge < -0.3 is 4.90 Å². The van der Waals surface area contributed by atoms with Gasteiger partial charge in [-0.15, -0.1) is 0 Å². The van der Waals surface area contributed by atoms with Crippen LogP contribution in [0, 0.1) is 6.92 Å². The van der Waals surface area contributed by atoms with Gasteiger partial charge in [-0.25, -0.2) is 0 Å². The maximum atomic E-state index is 12.7. The molecule has 0 unspecified atom stereocenters. The Kier molecular flexibility index (Phi) is 3.30. The van der Waals surface area contributed by atoms with Crippen molar-refractivity contribution in [1.82, 2.24) is 14.7 Å². The van der Waals surface area contributed by atoms with E-state index >= 15 is 0 Å². The summed E-state index contributed by atoms with van der Waals surface area (Å²) < 4.78 is 1.65. The number of hydrogen-bond acceptors (Lipinski definition) is 2. The van der Waals surface area contributed by atoms with Gasteiger partial charge in [0, 0.05) is 19.8 Å². The quantitative estimate of drug-likeness (QED) is 0.840. The molecule has 3 rings (SSSR count). The van der Waals surface area contributed by atoms with Crippen molar-refractivity contribution < 1.29 is 4.79 Å². The van der Waals surface area contributed by atoms with E-state index in [1.54, 1.807) is 16.9 Å². The number of carbonyl (C=O) groups excluding carboxylic acids is 1. The zero-order chi connectivity index (χ0) is 14.1. The van der Waals surface area contributed by atoms with Crippen molar-refractivity contribution >= 4 is 5.91 Å². The smallest absolute Gasteiger partial charge is 0.272 e. The molecule has 0 N–H and O–H groups in total. The van der Waals surface area contributed by atoms with Gasteiger partial charge in [0.25, 0.3) is 5.91 Å². The molecule has 1 amide bonds. The number of likely N-dealkylation sites (tertiary alicyclic amines) is 1. The van der Waals surface area contributed by atoms with Gasteiger partial charge in [-0.05, 0) is 31.4 Å². The molecule has 2 aromatic rings. The molecule has 20 heavy (non-hydrogen) atoms. The molecular formula is C16H19N3O. The highest BCUT2D eigenvalue weighted by molar-refractivity contribution is 5.93. The van der Waals surface area contributed by atoms with Gasteiger partial charge in [0.15, 0.2) is 0 Å². The second-order valence-electron chi connectivity index (χ2n) is 5.41. The Hall–Kier alpha value is -2.10. The topological polar surface area (TPSA) is 38.1 Å². The summed E-state index contributed by atoms with van der Waals surface area (Å²) in [5, 5.41) is 4.09. The van der Waals surface area contributed by atoms with Gasteiger partial charge in [0.1, 0.15) is 5.69 Å². The monoisotopic (exact) mass is 269 g/mol. The fourth-order valence-electron chi connectivity index (χ4n) is 2.96. The lowest BCUT2D eigenvalue weighted by atomic mass is 10.0.